The van der Waals surface area contributed by atoms with Crippen molar-refractivity contribution in [1.82, 2.24) is 0 Å². The molecular weight excluding hydrogens is 412 g/mol. The van der Waals surface area contributed by atoms with E-state index < -0.39 is 10.0 Å². The Bertz CT molecular complexity index is 1140. The molecule has 0 saturated carbocycles. The zero-order valence-electron chi connectivity index (χ0n) is 17.8. The van der Waals surface area contributed by atoms with Gasteiger partial charge in [0.25, 0.3) is 5.91 Å². The van der Waals surface area contributed by atoms with Crippen molar-refractivity contribution in [2.75, 3.05) is 22.5 Å². The smallest absolute Gasteiger partial charge is 0.262 e. The summed E-state index contributed by atoms with van der Waals surface area (Å²) in [6, 6.07) is 21.9. The summed E-state index contributed by atoms with van der Waals surface area (Å²) in [6.07, 6.45) is 1.18. The fourth-order valence-electron chi connectivity index (χ4n) is 3.06. The van der Waals surface area contributed by atoms with Gasteiger partial charge in [-0.05, 0) is 60.9 Å². The summed E-state index contributed by atoms with van der Waals surface area (Å²) in [5.74, 6) is 0.215. The summed E-state index contributed by atoms with van der Waals surface area (Å²) in [5.41, 5.74) is 4.20. The average Bonchev–Trinajstić information content (AvgIpc) is 2.74. The number of amides is 1. The Kier molecular flexibility index (Phi) is 6.97. The van der Waals surface area contributed by atoms with Crippen molar-refractivity contribution in [2.24, 2.45) is 0 Å². The van der Waals surface area contributed by atoms with E-state index in [1.165, 1.54) is 10.6 Å². The number of ether oxygens (including phenoxy) is 1. The van der Waals surface area contributed by atoms with E-state index in [0.717, 1.165) is 22.4 Å². The van der Waals surface area contributed by atoms with Gasteiger partial charge in [0.2, 0.25) is 10.0 Å². The van der Waals surface area contributed by atoms with Gasteiger partial charge < -0.3 is 10.1 Å². The normalized spacial score (nSPS) is 11.1. The predicted molar refractivity (Wildman–Crippen MR) is 124 cm³/mol. The second kappa shape index (κ2) is 9.66. The van der Waals surface area contributed by atoms with Gasteiger partial charge in [0, 0.05) is 5.69 Å². The molecule has 0 radical (unpaired) electrons. The molecule has 1 amide bonds. The van der Waals surface area contributed by atoms with Crippen LogP contribution >= 0.6 is 0 Å². The molecule has 7 heteroatoms. The van der Waals surface area contributed by atoms with Crippen molar-refractivity contribution < 1.29 is 17.9 Å². The Morgan fingerprint density at radius 3 is 2.29 bits per heavy atom. The van der Waals surface area contributed by atoms with Gasteiger partial charge in [-0.2, -0.15) is 0 Å². The fourth-order valence-corrected chi connectivity index (χ4v) is 3.95. The van der Waals surface area contributed by atoms with Crippen LogP contribution in [0.25, 0.3) is 0 Å². The number of hydrogen-bond donors (Lipinski definition) is 1. The van der Waals surface area contributed by atoms with E-state index in [0.29, 0.717) is 11.4 Å². The number of nitrogens with zero attached hydrogens (tertiary/aromatic N) is 1. The largest absolute Gasteiger partial charge is 0.484 e. The highest BCUT2D eigenvalue weighted by Gasteiger charge is 2.18. The highest BCUT2D eigenvalue weighted by molar-refractivity contribution is 7.92. The molecule has 0 atom stereocenters. The second-order valence-electron chi connectivity index (χ2n) is 7.40. The van der Waals surface area contributed by atoms with Crippen LogP contribution in [-0.2, 0) is 21.4 Å². The molecule has 1 N–H and O–H groups in total. The first-order valence-corrected chi connectivity index (χ1v) is 11.7. The van der Waals surface area contributed by atoms with Crippen LogP contribution < -0.4 is 14.4 Å². The first-order valence-electron chi connectivity index (χ1n) is 9.84. The zero-order valence-corrected chi connectivity index (χ0v) is 18.6. The lowest BCUT2D eigenvalue weighted by molar-refractivity contribution is -0.118. The lowest BCUT2D eigenvalue weighted by Crippen LogP contribution is -2.29. The third-order valence-corrected chi connectivity index (χ3v) is 5.87. The first-order chi connectivity index (χ1) is 14.7. The molecule has 162 valence electrons. The zero-order chi connectivity index (χ0) is 22.4. The number of carbonyl (C=O) groups is 1. The number of hydrogen-bond acceptors (Lipinski definition) is 4. The molecule has 3 aromatic carbocycles. The molecule has 0 fully saturated rings. The van der Waals surface area contributed by atoms with Crippen LogP contribution in [0.4, 0.5) is 11.4 Å². The molecule has 0 bridgehead atoms. The third kappa shape index (κ3) is 6.33. The summed E-state index contributed by atoms with van der Waals surface area (Å²) in [5, 5.41) is 2.85. The number of rotatable bonds is 8. The average molecular weight is 439 g/mol. The van der Waals surface area contributed by atoms with E-state index in [1.54, 1.807) is 24.3 Å². The first kappa shape index (κ1) is 22.4. The molecule has 0 unspecified atom stereocenters. The lowest BCUT2D eigenvalue weighted by atomic mass is 10.1. The van der Waals surface area contributed by atoms with Gasteiger partial charge in [0.1, 0.15) is 5.75 Å². The highest BCUT2D eigenvalue weighted by Crippen LogP contribution is 2.24. The van der Waals surface area contributed by atoms with Crippen molar-refractivity contribution in [3.05, 3.63) is 89.5 Å². The maximum atomic E-state index is 12.3. The Morgan fingerprint density at radius 1 is 0.968 bits per heavy atom. The van der Waals surface area contributed by atoms with E-state index in [-0.39, 0.29) is 19.1 Å². The molecule has 3 aromatic rings. The summed E-state index contributed by atoms with van der Waals surface area (Å²) < 4.78 is 31.5. The fraction of sp³-hybridized carbons (Fsp3) is 0.208. The number of anilines is 2. The summed E-state index contributed by atoms with van der Waals surface area (Å²) in [6.45, 7) is 3.98. The Morgan fingerprint density at radius 2 is 1.65 bits per heavy atom. The van der Waals surface area contributed by atoms with Crippen molar-refractivity contribution in [2.45, 2.75) is 20.4 Å². The van der Waals surface area contributed by atoms with Gasteiger partial charge in [-0.1, -0.05) is 42.5 Å². The molecule has 0 aromatic heterocycles. The summed E-state index contributed by atoms with van der Waals surface area (Å²) in [4.78, 5) is 12.2. The summed E-state index contributed by atoms with van der Waals surface area (Å²) >= 11 is 0. The van der Waals surface area contributed by atoms with Gasteiger partial charge in [-0.3, -0.25) is 9.10 Å². The second-order valence-corrected chi connectivity index (χ2v) is 9.31. The van der Waals surface area contributed by atoms with Gasteiger partial charge in [0.15, 0.2) is 6.61 Å². The Hall–Kier alpha value is -3.32. The van der Waals surface area contributed by atoms with Crippen LogP contribution in [0.1, 0.15) is 16.7 Å². The number of aryl methyl sites for hydroxylation is 2. The van der Waals surface area contributed by atoms with Gasteiger partial charge in [-0.15, -0.1) is 0 Å². The monoisotopic (exact) mass is 438 g/mol. The van der Waals surface area contributed by atoms with Crippen molar-refractivity contribution in [3.63, 3.8) is 0 Å². The van der Waals surface area contributed by atoms with Crippen LogP contribution in [0.3, 0.4) is 0 Å². The number of benzene rings is 3. The van der Waals surface area contributed by atoms with Crippen molar-refractivity contribution >= 4 is 27.3 Å². The van der Waals surface area contributed by atoms with E-state index in [4.69, 9.17) is 4.74 Å². The van der Waals surface area contributed by atoms with Crippen LogP contribution in [0.5, 0.6) is 5.75 Å². The van der Waals surface area contributed by atoms with E-state index in [1.807, 2.05) is 62.4 Å². The van der Waals surface area contributed by atoms with Crippen LogP contribution in [0.2, 0.25) is 0 Å². The standard InChI is InChI=1S/C24H26N2O4S/c1-18-9-10-19(2)23(15-18)25-24(27)17-30-22-13-11-21(12-14-22)26(31(3,28)29)16-20-7-5-4-6-8-20/h4-15H,16-17H2,1-3H3,(H,25,27). The molecule has 0 saturated heterocycles. The Balaban J connectivity index is 1.64. The van der Waals surface area contributed by atoms with Crippen molar-refractivity contribution in [3.8, 4) is 5.75 Å². The maximum absolute atomic E-state index is 12.3. The lowest BCUT2D eigenvalue weighted by Gasteiger charge is -2.22. The molecule has 0 spiro atoms. The molecule has 3 rings (SSSR count). The minimum atomic E-state index is -3.47. The number of nitrogens with one attached hydrogen (secondary N) is 1. The van der Waals surface area contributed by atoms with Crippen LogP contribution in [0.15, 0.2) is 72.8 Å². The number of sulfonamides is 1. The van der Waals surface area contributed by atoms with Gasteiger partial charge >= 0.3 is 0 Å². The minimum Gasteiger partial charge on any atom is -0.484 e. The van der Waals surface area contributed by atoms with Gasteiger partial charge in [0.05, 0.1) is 18.5 Å². The predicted octanol–water partition coefficient (Wildman–Crippen LogP) is 4.29. The van der Waals surface area contributed by atoms with E-state index in [2.05, 4.69) is 5.32 Å². The van der Waals surface area contributed by atoms with E-state index >= 15 is 0 Å². The molecule has 31 heavy (non-hydrogen) atoms. The van der Waals surface area contributed by atoms with Gasteiger partial charge in [-0.25, -0.2) is 8.42 Å². The molecule has 0 aliphatic carbocycles. The SMILES string of the molecule is Cc1ccc(C)c(NC(=O)COc2ccc(N(Cc3ccccc3)S(C)(=O)=O)cc2)c1. The topological polar surface area (TPSA) is 75.7 Å². The Labute approximate surface area is 183 Å². The van der Waals surface area contributed by atoms with E-state index in [9.17, 15) is 13.2 Å². The quantitative estimate of drug-likeness (QED) is 0.569. The summed E-state index contributed by atoms with van der Waals surface area (Å²) in [7, 11) is -3.47. The maximum Gasteiger partial charge on any atom is 0.262 e. The van der Waals surface area contributed by atoms with Crippen LogP contribution in [0, 0.1) is 13.8 Å². The molecule has 0 aliphatic heterocycles. The highest BCUT2D eigenvalue weighted by atomic mass is 32.2. The molecule has 6 nitrogen and oxygen atoms in total. The van der Waals surface area contributed by atoms with Crippen molar-refractivity contribution in [1.29, 1.82) is 0 Å². The minimum absolute atomic E-state index is 0.146. The molecule has 0 heterocycles. The molecular formula is C24H26N2O4S. The number of carbonyl (C=O) groups excluding carboxylic acids is 1. The molecule has 0 aliphatic rings. The third-order valence-electron chi connectivity index (χ3n) is 4.73. The van der Waals surface area contributed by atoms with Crippen LogP contribution in [-0.4, -0.2) is 27.2 Å².